The molecule has 0 amide bonds. The van der Waals surface area contributed by atoms with E-state index in [1.54, 1.807) is 6.20 Å². The van der Waals surface area contributed by atoms with Gasteiger partial charge in [0.05, 0.1) is 6.61 Å². The maximum absolute atomic E-state index is 6.94. The van der Waals surface area contributed by atoms with Gasteiger partial charge in [0.2, 0.25) is 0 Å². The van der Waals surface area contributed by atoms with E-state index in [-0.39, 0.29) is 11.9 Å². The quantitative estimate of drug-likeness (QED) is 0.500. The summed E-state index contributed by atoms with van der Waals surface area (Å²) in [5.74, 6) is -0.446. The summed E-state index contributed by atoms with van der Waals surface area (Å²) in [6.07, 6.45) is 3.18. The molecule has 0 aromatic rings. The summed E-state index contributed by atoms with van der Waals surface area (Å²) in [4.78, 5) is 0. The normalized spacial score (nSPS) is 22.6. The third-order valence-electron chi connectivity index (χ3n) is 1.79. The molecule has 94 valence electrons. The van der Waals surface area contributed by atoms with Crippen LogP contribution >= 0.6 is 0 Å². The van der Waals surface area contributed by atoms with Gasteiger partial charge in [0.25, 0.3) is 0 Å². The lowest BCUT2D eigenvalue weighted by atomic mass is 10.4. The lowest BCUT2D eigenvalue weighted by Gasteiger charge is -2.16. The minimum absolute atomic E-state index is 0.0291. The molecule has 1 unspecified atom stereocenters. The molecule has 1 heterocycles. The van der Waals surface area contributed by atoms with Gasteiger partial charge in [-0.25, -0.2) is 0 Å². The molecule has 1 aliphatic heterocycles. The van der Waals surface area contributed by atoms with Gasteiger partial charge in [-0.15, -0.1) is 0 Å². The van der Waals surface area contributed by atoms with Crippen LogP contribution in [0.15, 0.2) is 12.3 Å². The summed E-state index contributed by atoms with van der Waals surface area (Å²) in [6, 6.07) is 0. The molecule has 4 N–H and O–H groups in total. The number of hydrogen-bond donors (Lipinski definition) is 3. The summed E-state index contributed by atoms with van der Waals surface area (Å²) in [7, 11) is 0. The van der Waals surface area contributed by atoms with Crippen molar-refractivity contribution in [2.45, 2.75) is 39.6 Å². The van der Waals surface area contributed by atoms with Crippen molar-refractivity contribution in [3.8, 4) is 0 Å². The van der Waals surface area contributed by atoms with E-state index < -0.39 is 5.79 Å². The van der Waals surface area contributed by atoms with E-state index in [0.29, 0.717) is 13.2 Å². The van der Waals surface area contributed by atoms with Crippen molar-refractivity contribution < 1.29 is 9.47 Å². The molecule has 0 radical (unpaired) electrons. The van der Waals surface area contributed by atoms with Gasteiger partial charge < -0.3 is 20.5 Å². The van der Waals surface area contributed by atoms with Crippen molar-refractivity contribution in [1.29, 1.82) is 5.41 Å². The predicted octanol–water partition coefficient (Wildman–Crippen LogP) is 1.20. The van der Waals surface area contributed by atoms with Crippen LogP contribution in [-0.2, 0) is 9.47 Å². The summed E-state index contributed by atoms with van der Waals surface area (Å²) in [5, 5.41) is 9.93. The van der Waals surface area contributed by atoms with E-state index in [1.807, 2.05) is 27.7 Å². The van der Waals surface area contributed by atoms with Crippen molar-refractivity contribution in [2.75, 3.05) is 13.2 Å². The van der Waals surface area contributed by atoms with Gasteiger partial charge in [0.15, 0.2) is 5.79 Å². The molecule has 1 saturated heterocycles. The topological polar surface area (TPSA) is 80.4 Å². The minimum atomic E-state index is -0.476. The van der Waals surface area contributed by atoms with Gasteiger partial charge in [-0.3, -0.25) is 5.41 Å². The molecule has 1 atom stereocenters. The van der Waals surface area contributed by atoms with Crippen molar-refractivity contribution in [3.63, 3.8) is 0 Å². The molecular formula is C11H23N3O2. The molecule has 1 aliphatic rings. The standard InChI is InChI=1S/C9H17N3O2.C2H6/c1-9(2)13-6-7(14-9)5-12-4-3-8(10)11;1-2/h3-4,7,12H,5-6H2,1-2H3,(H3,10,11);1-2H3/b4-3-;. The van der Waals surface area contributed by atoms with Crippen molar-refractivity contribution in [3.05, 3.63) is 12.3 Å². The molecule has 0 aliphatic carbocycles. The Kier molecular flexibility index (Phi) is 6.76. The van der Waals surface area contributed by atoms with Gasteiger partial charge in [-0.1, -0.05) is 13.8 Å². The first-order valence-corrected chi connectivity index (χ1v) is 5.55. The van der Waals surface area contributed by atoms with Crippen LogP contribution in [0.5, 0.6) is 0 Å². The molecule has 1 fully saturated rings. The Labute approximate surface area is 97.5 Å². The number of hydrogen-bond acceptors (Lipinski definition) is 4. The molecule has 1 rings (SSSR count). The highest BCUT2D eigenvalue weighted by Crippen LogP contribution is 2.21. The molecule has 0 spiro atoms. The third kappa shape index (κ3) is 6.42. The maximum atomic E-state index is 6.94. The molecular weight excluding hydrogens is 206 g/mol. The Hall–Kier alpha value is -1.07. The first-order chi connectivity index (χ1) is 7.49. The lowest BCUT2D eigenvalue weighted by Crippen LogP contribution is -2.28. The Morgan fingerprint density at radius 1 is 1.56 bits per heavy atom. The molecule has 0 aromatic carbocycles. The molecule has 5 heteroatoms. The van der Waals surface area contributed by atoms with Crippen LogP contribution in [0.4, 0.5) is 0 Å². The number of amidine groups is 1. The molecule has 5 nitrogen and oxygen atoms in total. The second kappa shape index (κ2) is 7.24. The van der Waals surface area contributed by atoms with Crippen LogP contribution in [0.3, 0.4) is 0 Å². The van der Waals surface area contributed by atoms with Crippen LogP contribution in [0, 0.1) is 5.41 Å². The van der Waals surface area contributed by atoms with Crippen LogP contribution < -0.4 is 11.1 Å². The average molecular weight is 229 g/mol. The van der Waals surface area contributed by atoms with E-state index in [0.717, 1.165) is 0 Å². The Balaban J connectivity index is 0.00000106. The fraction of sp³-hybridized carbons (Fsp3) is 0.727. The monoisotopic (exact) mass is 229 g/mol. The fourth-order valence-corrected chi connectivity index (χ4v) is 1.21. The molecule has 0 bridgehead atoms. The number of ether oxygens (including phenoxy) is 2. The first-order valence-electron chi connectivity index (χ1n) is 5.55. The number of nitrogens with one attached hydrogen (secondary N) is 2. The Morgan fingerprint density at radius 3 is 2.62 bits per heavy atom. The van der Waals surface area contributed by atoms with E-state index in [1.165, 1.54) is 6.08 Å². The van der Waals surface area contributed by atoms with E-state index in [2.05, 4.69) is 5.32 Å². The van der Waals surface area contributed by atoms with Gasteiger partial charge >= 0.3 is 0 Å². The van der Waals surface area contributed by atoms with Crippen molar-refractivity contribution in [2.24, 2.45) is 5.73 Å². The summed E-state index contributed by atoms with van der Waals surface area (Å²) < 4.78 is 10.9. The second-order valence-corrected chi connectivity index (χ2v) is 3.65. The van der Waals surface area contributed by atoms with Crippen LogP contribution in [0.2, 0.25) is 0 Å². The SMILES string of the molecule is CC.CC1(C)OCC(CN/C=C\C(=N)N)O1. The fourth-order valence-electron chi connectivity index (χ4n) is 1.21. The average Bonchev–Trinajstić information content (AvgIpc) is 2.56. The van der Waals surface area contributed by atoms with Crippen molar-refractivity contribution in [1.82, 2.24) is 5.32 Å². The van der Waals surface area contributed by atoms with E-state index in [9.17, 15) is 0 Å². The van der Waals surface area contributed by atoms with Gasteiger partial charge in [0.1, 0.15) is 11.9 Å². The minimum Gasteiger partial charge on any atom is -0.388 e. The maximum Gasteiger partial charge on any atom is 0.163 e. The zero-order valence-electron chi connectivity index (χ0n) is 10.5. The Bertz CT molecular complexity index is 239. The third-order valence-corrected chi connectivity index (χ3v) is 1.79. The highest BCUT2D eigenvalue weighted by Gasteiger charge is 2.31. The largest absolute Gasteiger partial charge is 0.388 e. The van der Waals surface area contributed by atoms with Crippen molar-refractivity contribution >= 4 is 5.84 Å². The summed E-state index contributed by atoms with van der Waals surface area (Å²) in [6.45, 7) is 9.03. The second-order valence-electron chi connectivity index (χ2n) is 3.65. The first kappa shape index (κ1) is 14.9. The van der Waals surface area contributed by atoms with E-state index >= 15 is 0 Å². The molecule has 16 heavy (non-hydrogen) atoms. The van der Waals surface area contributed by atoms with Gasteiger partial charge in [-0.2, -0.15) is 0 Å². The van der Waals surface area contributed by atoms with Crippen LogP contribution in [0.25, 0.3) is 0 Å². The highest BCUT2D eigenvalue weighted by atomic mass is 16.7. The zero-order valence-corrected chi connectivity index (χ0v) is 10.5. The van der Waals surface area contributed by atoms with Gasteiger partial charge in [-0.05, 0) is 19.9 Å². The predicted molar refractivity (Wildman–Crippen MR) is 65.3 cm³/mol. The highest BCUT2D eigenvalue weighted by molar-refractivity contribution is 5.88. The van der Waals surface area contributed by atoms with E-state index in [4.69, 9.17) is 20.6 Å². The lowest BCUT2D eigenvalue weighted by molar-refractivity contribution is -0.137. The molecule has 0 aromatic heterocycles. The van der Waals surface area contributed by atoms with Gasteiger partial charge in [0, 0.05) is 12.7 Å². The summed E-state index contributed by atoms with van der Waals surface area (Å²) in [5.41, 5.74) is 5.13. The Morgan fingerprint density at radius 2 is 2.19 bits per heavy atom. The summed E-state index contributed by atoms with van der Waals surface area (Å²) >= 11 is 0. The number of nitrogens with two attached hydrogens (primary N) is 1. The van der Waals surface area contributed by atoms with Crippen LogP contribution in [0.1, 0.15) is 27.7 Å². The zero-order chi connectivity index (χ0) is 12.6. The molecule has 0 saturated carbocycles. The van der Waals surface area contributed by atoms with Crippen LogP contribution in [-0.4, -0.2) is 30.9 Å². The number of rotatable bonds is 4. The smallest absolute Gasteiger partial charge is 0.163 e.